The van der Waals surface area contributed by atoms with Gasteiger partial charge in [0.15, 0.2) is 0 Å². The summed E-state index contributed by atoms with van der Waals surface area (Å²) in [6.45, 7) is 1.93. The first-order valence-electron chi connectivity index (χ1n) is 6.88. The van der Waals surface area contributed by atoms with Crippen molar-refractivity contribution in [2.75, 3.05) is 12.4 Å². The minimum absolute atomic E-state index is 0.0164. The third-order valence-corrected chi connectivity index (χ3v) is 3.31. The number of carbonyl (C=O) groups is 1. The van der Waals surface area contributed by atoms with E-state index in [1.807, 2.05) is 25.1 Å². The topological polar surface area (TPSA) is 38.3 Å². The van der Waals surface area contributed by atoms with Crippen LogP contribution in [0.5, 0.6) is 5.75 Å². The van der Waals surface area contributed by atoms with Gasteiger partial charge in [0.2, 0.25) is 5.91 Å². The van der Waals surface area contributed by atoms with Gasteiger partial charge in [-0.3, -0.25) is 4.79 Å². The number of halogens is 2. The molecule has 0 aliphatic heterocycles. The number of nitrogens with one attached hydrogen (secondary N) is 1. The van der Waals surface area contributed by atoms with Crippen LogP contribution in [0.2, 0.25) is 0 Å². The van der Waals surface area contributed by atoms with Gasteiger partial charge in [0.05, 0.1) is 12.8 Å². The Bertz CT molecular complexity index is 686. The third-order valence-electron chi connectivity index (χ3n) is 3.31. The van der Waals surface area contributed by atoms with E-state index in [1.54, 1.807) is 7.11 Å². The van der Waals surface area contributed by atoms with Crippen molar-refractivity contribution in [3.8, 4) is 5.75 Å². The summed E-state index contributed by atoms with van der Waals surface area (Å²) in [5, 5.41) is 2.44. The van der Waals surface area contributed by atoms with Gasteiger partial charge in [0.25, 0.3) is 0 Å². The molecule has 1 amide bonds. The predicted molar refractivity (Wildman–Crippen MR) is 81.0 cm³/mol. The maximum absolute atomic E-state index is 13.4. The fraction of sp³-hybridized carbons (Fsp3) is 0.235. The summed E-state index contributed by atoms with van der Waals surface area (Å²) in [7, 11) is 1.60. The van der Waals surface area contributed by atoms with Crippen LogP contribution in [0, 0.1) is 18.6 Å². The maximum Gasteiger partial charge on any atom is 0.224 e. The molecule has 0 saturated carbocycles. The molecule has 1 N–H and O–H groups in total. The van der Waals surface area contributed by atoms with E-state index in [0.29, 0.717) is 6.42 Å². The number of methoxy groups -OCH3 is 1. The summed E-state index contributed by atoms with van der Waals surface area (Å²) >= 11 is 0. The molecule has 0 aromatic heterocycles. The van der Waals surface area contributed by atoms with Crippen LogP contribution < -0.4 is 10.1 Å². The van der Waals surface area contributed by atoms with E-state index in [4.69, 9.17) is 4.74 Å². The molecule has 0 heterocycles. The zero-order valence-corrected chi connectivity index (χ0v) is 12.5. The second-order valence-corrected chi connectivity index (χ2v) is 4.98. The zero-order valence-electron chi connectivity index (χ0n) is 12.5. The molecule has 0 bridgehead atoms. The molecular formula is C17H17F2NO2. The first-order chi connectivity index (χ1) is 10.5. The number of amides is 1. The lowest BCUT2D eigenvalue weighted by atomic mass is 10.1. The summed E-state index contributed by atoms with van der Waals surface area (Å²) in [6, 6.07) is 8.73. The lowest BCUT2D eigenvalue weighted by molar-refractivity contribution is -0.116. The van der Waals surface area contributed by atoms with Crippen molar-refractivity contribution in [3.05, 3.63) is 59.2 Å². The average Bonchev–Trinajstić information content (AvgIpc) is 2.48. The minimum Gasteiger partial charge on any atom is -0.496 e. The molecule has 5 heteroatoms. The van der Waals surface area contributed by atoms with E-state index in [9.17, 15) is 13.6 Å². The molecule has 0 aliphatic rings. The van der Waals surface area contributed by atoms with Gasteiger partial charge in [0.1, 0.15) is 17.4 Å². The Balaban J connectivity index is 1.94. The van der Waals surface area contributed by atoms with Crippen molar-refractivity contribution in [2.24, 2.45) is 0 Å². The predicted octanol–water partition coefficient (Wildman–Crippen LogP) is 3.85. The Kier molecular flexibility index (Phi) is 5.09. The smallest absolute Gasteiger partial charge is 0.224 e. The fourth-order valence-electron chi connectivity index (χ4n) is 2.16. The van der Waals surface area contributed by atoms with Crippen molar-refractivity contribution < 1.29 is 18.3 Å². The molecule has 0 atom stereocenters. The number of benzene rings is 2. The van der Waals surface area contributed by atoms with Gasteiger partial charge >= 0.3 is 0 Å². The normalized spacial score (nSPS) is 10.4. The molecule has 0 spiro atoms. The highest BCUT2D eigenvalue weighted by molar-refractivity contribution is 5.90. The summed E-state index contributed by atoms with van der Waals surface area (Å²) < 4.78 is 31.4. The van der Waals surface area contributed by atoms with Crippen LogP contribution in [0.25, 0.3) is 0 Å². The molecule has 116 valence electrons. The molecule has 0 aliphatic carbocycles. The average molecular weight is 305 g/mol. The SMILES string of the molecule is COc1ccc(CCC(=O)Nc2ccc(F)cc2F)cc1C. The van der Waals surface area contributed by atoms with E-state index in [1.165, 1.54) is 6.07 Å². The van der Waals surface area contributed by atoms with Crippen molar-refractivity contribution in [1.29, 1.82) is 0 Å². The van der Waals surface area contributed by atoms with Crippen LogP contribution in [-0.2, 0) is 11.2 Å². The van der Waals surface area contributed by atoms with Gasteiger partial charge in [-0.1, -0.05) is 12.1 Å². The largest absolute Gasteiger partial charge is 0.496 e. The van der Waals surface area contributed by atoms with Gasteiger partial charge in [-0.15, -0.1) is 0 Å². The Labute approximate surface area is 127 Å². The summed E-state index contributed by atoms with van der Waals surface area (Å²) in [6.07, 6.45) is 0.738. The van der Waals surface area contributed by atoms with Gasteiger partial charge < -0.3 is 10.1 Å². The Hall–Kier alpha value is -2.43. The van der Waals surface area contributed by atoms with E-state index >= 15 is 0 Å². The lowest BCUT2D eigenvalue weighted by Crippen LogP contribution is -2.13. The quantitative estimate of drug-likeness (QED) is 0.911. The van der Waals surface area contributed by atoms with Crippen LogP contribution in [0.15, 0.2) is 36.4 Å². The van der Waals surface area contributed by atoms with Crippen molar-refractivity contribution in [3.63, 3.8) is 0 Å². The third kappa shape index (κ3) is 4.04. The van der Waals surface area contributed by atoms with Crippen LogP contribution in [0.3, 0.4) is 0 Å². The number of rotatable bonds is 5. The summed E-state index contributed by atoms with van der Waals surface area (Å²) in [5.74, 6) is -0.988. The van der Waals surface area contributed by atoms with Crippen molar-refractivity contribution in [1.82, 2.24) is 0 Å². The van der Waals surface area contributed by atoms with Gasteiger partial charge in [-0.05, 0) is 42.7 Å². The maximum atomic E-state index is 13.4. The summed E-state index contributed by atoms with van der Waals surface area (Å²) in [5.41, 5.74) is 1.97. The van der Waals surface area contributed by atoms with Crippen LogP contribution in [0.1, 0.15) is 17.5 Å². The van der Waals surface area contributed by atoms with E-state index < -0.39 is 11.6 Å². The molecule has 2 aromatic carbocycles. The molecular weight excluding hydrogens is 288 g/mol. The van der Waals surface area contributed by atoms with E-state index in [0.717, 1.165) is 29.0 Å². The highest BCUT2D eigenvalue weighted by Crippen LogP contribution is 2.20. The number of ether oxygens (including phenoxy) is 1. The summed E-state index contributed by atoms with van der Waals surface area (Å²) in [4.78, 5) is 11.8. The number of aryl methyl sites for hydroxylation is 2. The Morgan fingerprint density at radius 3 is 2.59 bits per heavy atom. The van der Waals surface area contributed by atoms with Crippen LogP contribution in [0.4, 0.5) is 14.5 Å². The molecule has 0 fully saturated rings. The first kappa shape index (κ1) is 15.9. The van der Waals surface area contributed by atoms with Crippen molar-refractivity contribution in [2.45, 2.75) is 19.8 Å². The second-order valence-electron chi connectivity index (χ2n) is 4.98. The van der Waals surface area contributed by atoms with Gasteiger partial charge in [-0.2, -0.15) is 0 Å². The zero-order chi connectivity index (χ0) is 16.1. The van der Waals surface area contributed by atoms with E-state index in [2.05, 4.69) is 5.32 Å². The highest BCUT2D eigenvalue weighted by Gasteiger charge is 2.09. The molecule has 3 nitrogen and oxygen atoms in total. The van der Waals surface area contributed by atoms with Gasteiger partial charge in [-0.25, -0.2) is 8.78 Å². The number of hydrogen-bond donors (Lipinski definition) is 1. The lowest BCUT2D eigenvalue weighted by Gasteiger charge is -2.08. The first-order valence-corrected chi connectivity index (χ1v) is 6.88. The Morgan fingerprint density at radius 2 is 1.95 bits per heavy atom. The molecule has 2 aromatic rings. The van der Waals surface area contributed by atoms with E-state index in [-0.39, 0.29) is 18.0 Å². The second kappa shape index (κ2) is 7.02. The number of carbonyl (C=O) groups excluding carboxylic acids is 1. The molecule has 2 rings (SSSR count). The molecule has 22 heavy (non-hydrogen) atoms. The molecule has 0 saturated heterocycles. The monoisotopic (exact) mass is 305 g/mol. The highest BCUT2D eigenvalue weighted by atomic mass is 19.1. The molecule has 0 radical (unpaired) electrons. The van der Waals surface area contributed by atoms with Crippen LogP contribution >= 0.6 is 0 Å². The van der Waals surface area contributed by atoms with Crippen LogP contribution in [-0.4, -0.2) is 13.0 Å². The standard InChI is InChI=1S/C17H17F2NO2/c1-11-9-12(3-7-16(11)22-2)4-8-17(21)20-15-6-5-13(18)10-14(15)19/h3,5-7,9-10H,4,8H2,1-2H3,(H,20,21). The van der Waals surface area contributed by atoms with Gasteiger partial charge in [0, 0.05) is 12.5 Å². The van der Waals surface area contributed by atoms with Crippen molar-refractivity contribution >= 4 is 11.6 Å². The number of anilines is 1. The Morgan fingerprint density at radius 1 is 1.18 bits per heavy atom. The minimum atomic E-state index is -0.784. The fourth-order valence-corrected chi connectivity index (χ4v) is 2.16. The molecule has 0 unspecified atom stereocenters. The number of hydrogen-bond acceptors (Lipinski definition) is 2.